The average molecular weight is 131 g/mol. The van der Waals surface area contributed by atoms with E-state index in [0.29, 0.717) is 0 Å². The molecule has 0 unspecified atom stereocenters. The minimum Gasteiger partial charge on any atom is -0.306 e. The van der Waals surface area contributed by atoms with E-state index in [1.165, 1.54) is 32.4 Å². The second-order valence-electron chi connectivity index (χ2n) is 2.36. The maximum absolute atomic E-state index is 4.00. The van der Waals surface area contributed by atoms with Gasteiger partial charge < -0.3 is 4.90 Å². The van der Waals surface area contributed by atoms with Crippen LogP contribution >= 0.6 is 0 Å². The van der Waals surface area contributed by atoms with Gasteiger partial charge in [0.1, 0.15) is 0 Å². The molecule has 0 atom stereocenters. The van der Waals surface area contributed by atoms with Gasteiger partial charge >= 0.3 is 0 Å². The number of hydrazine groups is 1. The second kappa shape index (κ2) is 6.01. The molecule has 0 aromatic rings. The molecule has 0 radical (unpaired) electrons. The highest BCUT2D eigenvalue weighted by atomic mass is 15.1. The fraction of sp³-hybridized carbons (Fsp3) is 1.00. The second-order valence-corrected chi connectivity index (χ2v) is 2.36. The summed E-state index contributed by atoms with van der Waals surface area (Å²) in [6.45, 7) is 2.64. The summed E-state index contributed by atoms with van der Waals surface area (Å²) in [5.41, 5.74) is 0. The largest absolute Gasteiger partial charge is 0.306 e. The van der Waals surface area contributed by atoms with Crippen LogP contribution in [0, 0.1) is 0 Å². The number of hydrogen-bond acceptors (Lipinski definition) is 3. The zero-order valence-corrected chi connectivity index (χ0v) is 6.14. The predicted octanol–water partition coefficient (Wildman–Crippen LogP) is -0.0791. The van der Waals surface area contributed by atoms with E-state index in [1.807, 2.05) is 0 Å². The summed E-state index contributed by atoms with van der Waals surface area (Å²) in [4.78, 5) is 2.39. The van der Waals surface area contributed by atoms with Gasteiger partial charge in [-0.3, -0.25) is 11.7 Å². The molecule has 4 N–H and O–H groups in total. The van der Waals surface area contributed by atoms with Crippen LogP contribution in [0.3, 0.4) is 0 Å². The Balaban J connectivity index is 0.000000291. The fourth-order valence-corrected chi connectivity index (χ4v) is 1.05. The van der Waals surface area contributed by atoms with E-state index >= 15 is 0 Å². The number of nitrogens with two attached hydrogens (primary N) is 2. The van der Waals surface area contributed by atoms with E-state index < -0.39 is 0 Å². The molecule has 1 aliphatic heterocycles. The summed E-state index contributed by atoms with van der Waals surface area (Å²) in [7, 11) is 2.19. The monoisotopic (exact) mass is 131 g/mol. The van der Waals surface area contributed by atoms with Gasteiger partial charge in [-0.05, 0) is 33.0 Å². The first-order valence-electron chi connectivity index (χ1n) is 3.41. The first kappa shape index (κ1) is 8.88. The zero-order valence-electron chi connectivity index (χ0n) is 6.14. The molecule has 0 aliphatic carbocycles. The minimum atomic E-state index is 1.32. The van der Waals surface area contributed by atoms with Crippen molar-refractivity contribution < 1.29 is 0 Å². The van der Waals surface area contributed by atoms with E-state index in [4.69, 9.17) is 0 Å². The van der Waals surface area contributed by atoms with E-state index in [2.05, 4.69) is 23.6 Å². The van der Waals surface area contributed by atoms with Crippen molar-refractivity contribution in [3.63, 3.8) is 0 Å². The Labute approximate surface area is 57.0 Å². The smallest absolute Gasteiger partial charge is 0.00218 e. The Morgan fingerprint density at radius 3 is 1.67 bits per heavy atom. The standard InChI is InChI=1S/C6H13N.H4N2/c1-7-5-3-2-4-6-7;1-2/h2-6H2,1H3;1-2H2. The molecule has 56 valence electrons. The highest BCUT2D eigenvalue weighted by Crippen LogP contribution is 2.04. The summed E-state index contributed by atoms with van der Waals surface area (Å²) in [6.07, 6.45) is 4.28. The Morgan fingerprint density at radius 1 is 1.00 bits per heavy atom. The number of rotatable bonds is 0. The first-order valence-corrected chi connectivity index (χ1v) is 3.41. The molecule has 0 aromatic heterocycles. The first-order chi connectivity index (χ1) is 4.39. The molecule has 1 saturated heterocycles. The van der Waals surface area contributed by atoms with E-state index in [0.717, 1.165) is 0 Å². The normalized spacial score (nSPS) is 20.3. The summed E-state index contributed by atoms with van der Waals surface area (Å²) in [6, 6.07) is 0. The summed E-state index contributed by atoms with van der Waals surface area (Å²) in [5, 5.41) is 0. The molecule has 0 saturated carbocycles. The lowest BCUT2D eigenvalue weighted by Crippen LogP contribution is -2.24. The van der Waals surface area contributed by atoms with Crippen molar-refractivity contribution in [3.05, 3.63) is 0 Å². The SMILES string of the molecule is CN1CCCCC1.NN. The van der Waals surface area contributed by atoms with Gasteiger partial charge in [0.2, 0.25) is 0 Å². The van der Waals surface area contributed by atoms with E-state index in [9.17, 15) is 0 Å². The van der Waals surface area contributed by atoms with Crippen LogP contribution in [0.5, 0.6) is 0 Å². The van der Waals surface area contributed by atoms with Crippen molar-refractivity contribution in [1.82, 2.24) is 4.90 Å². The van der Waals surface area contributed by atoms with Crippen LogP contribution in [0.15, 0.2) is 0 Å². The molecule has 9 heavy (non-hydrogen) atoms. The molecule has 1 rings (SSSR count). The lowest BCUT2D eigenvalue weighted by Gasteiger charge is -2.20. The molecule has 1 heterocycles. The molecule has 0 amide bonds. The van der Waals surface area contributed by atoms with Crippen LogP contribution < -0.4 is 11.7 Å². The number of nitrogens with zero attached hydrogens (tertiary/aromatic N) is 1. The highest BCUT2D eigenvalue weighted by Gasteiger charge is 2.02. The molecule has 0 bridgehead atoms. The van der Waals surface area contributed by atoms with Gasteiger partial charge in [0, 0.05) is 0 Å². The van der Waals surface area contributed by atoms with Crippen LogP contribution in [-0.4, -0.2) is 25.0 Å². The molecule has 0 spiro atoms. The van der Waals surface area contributed by atoms with Gasteiger partial charge in [0.05, 0.1) is 0 Å². The Bertz CT molecular complexity index is 50.3. The Morgan fingerprint density at radius 2 is 1.44 bits per heavy atom. The third-order valence-electron chi connectivity index (χ3n) is 1.58. The summed E-state index contributed by atoms with van der Waals surface area (Å²) in [5.74, 6) is 8.00. The topological polar surface area (TPSA) is 55.3 Å². The number of hydrogen-bond donors (Lipinski definition) is 2. The molecular weight excluding hydrogens is 114 g/mol. The van der Waals surface area contributed by atoms with Crippen molar-refractivity contribution in [2.75, 3.05) is 20.1 Å². The van der Waals surface area contributed by atoms with Crippen LogP contribution in [0.4, 0.5) is 0 Å². The van der Waals surface area contributed by atoms with Crippen LogP contribution in [0.1, 0.15) is 19.3 Å². The molecular formula is C6H17N3. The Hall–Kier alpha value is -0.120. The zero-order chi connectivity index (χ0) is 7.11. The summed E-state index contributed by atoms with van der Waals surface area (Å²) < 4.78 is 0. The molecule has 3 heteroatoms. The van der Waals surface area contributed by atoms with Gasteiger partial charge in [-0.25, -0.2) is 0 Å². The van der Waals surface area contributed by atoms with Gasteiger partial charge in [0.15, 0.2) is 0 Å². The third-order valence-corrected chi connectivity index (χ3v) is 1.58. The van der Waals surface area contributed by atoms with Gasteiger partial charge in [-0.1, -0.05) is 6.42 Å². The predicted molar refractivity (Wildman–Crippen MR) is 39.7 cm³/mol. The lowest BCUT2D eigenvalue weighted by molar-refractivity contribution is 0.277. The van der Waals surface area contributed by atoms with Gasteiger partial charge in [-0.15, -0.1) is 0 Å². The molecule has 0 aromatic carbocycles. The van der Waals surface area contributed by atoms with Crippen LogP contribution in [0.2, 0.25) is 0 Å². The van der Waals surface area contributed by atoms with Crippen LogP contribution in [0.25, 0.3) is 0 Å². The van der Waals surface area contributed by atoms with Crippen molar-refractivity contribution in [1.29, 1.82) is 0 Å². The van der Waals surface area contributed by atoms with Crippen molar-refractivity contribution in [2.45, 2.75) is 19.3 Å². The van der Waals surface area contributed by atoms with Gasteiger partial charge in [0.25, 0.3) is 0 Å². The van der Waals surface area contributed by atoms with Crippen molar-refractivity contribution in [3.8, 4) is 0 Å². The molecule has 3 nitrogen and oxygen atoms in total. The molecule has 1 fully saturated rings. The number of likely N-dealkylation sites (tertiary alicyclic amines) is 1. The lowest BCUT2D eigenvalue weighted by atomic mass is 10.1. The Kier molecular flexibility index (Phi) is 5.93. The van der Waals surface area contributed by atoms with E-state index in [1.54, 1.807) is 0 Å². The average Bonchev–Trinajstić information content (AvgIpc) is 1.94. The number of piperidine rings is 1. The van der Waals surface area contributed by atoms with Crippen LogP contribution in [-0.2, 0) is 0 Å². The van der Waals surface area contributed by atoms with Crippen molar-refractivity contribution in [2.24, 2.45) is 11.7 Å². The highest BCUT2D eigenvalue weighted by molar-refractivity contribution is 4.58. The quantitative estimate of drug-likeness (QED) is 0.357. The van der Waals surface area contributed by atoms with Gasteiger partial charge in [-0.2, -0.15) is 0 Å². The minimum absolute atomic E-state index is 1.32. The third kappa shape index (κ3) is 4.39. The van der Waals surface area contributed by atoms with Crippen molar-refractivity contribution >= 4 is 0 Å². The summed E-state index contributed by atoms with van der Waals surface area (Å²) >= 11 is 0. The van der Waals surface area contributed by atoms with E-state index in [-0.39, 0.29) is 0 Å². The maximum atomic E-state index is 4.00. The maximum Gasteiger partial charge on any atom is -0.00218 e. The fourth-order valence-electron chi connectivity index (χ4n) is 1.05. The molecule has 1 aliphatic rings.